The maximum Gasteiger partial charge on any atom is 0.289 e. The summed E-state index contributed by atoms with van der Waals surface area (Å²) in [5, 5.41) is 0.292. The minimum atomic E-state index is -0.484. The summed E-state index contributed by atoms with van der Waals surface area (Å²) in [5.41, 5.74) is 4.25. The molecule has 0 radical (unpaired) electrons. The maximum atomic E-state index is 12.2. The minimum absolute atomic E-state index is 0.180. The van der Waals surface area contributed by atoms with Gasteiger partial charge in [-0.25, -0.2) is 0 Å². The molecule has 1 aliphatic rings. The van der Waals surface area contributed by atoms with E-state index in [9.17, 15) is 9.59 Å². The number of thioether (sulfide) groups is 1. The first-order valence-electron chi connectivity index (χ1n) is 8.52. The molecule has 26 heavy (non-hydrogen) atoms. The molecule has 2 aromatic carbocycles. The summed E-state index contributed by atoms with van der Waals surface area (Å²) in [6, 6.07) is 18.6. The quantitative estimate of drug-likeness (QED) is 0.691. The monoisotopic (exact) mass is 362 g/mol. The van der Waals surface area contributed by atoms with Crippen molar-refractivity contribution in [3.63, 3.8) is 0 Å². The number of rotatable bonds is 4. The Morgan fingerprint density at radius 2 is 1.77 bits per heavy atom. The number of aromatic nitrogens is 1. The van der Waals surface area contributed by atoms with Gasteiger partial charge >= 0.3 is 0 Å². The van der Waals surface area contributed by atoms with E-state index in [0.29, 0.717) is 0 Å². The van der Waals surface area contributed by atoms with Crippen molar-refractivity contribution >= 4 is 33.8 Å². The summed E-state index contributed by atoms with van der Waals surface area (Å²) in [6.45, 7) is 0. The lowest BCUT2D eigenvalue weighted by Crippen LogP contribution is -2.24. The van der Waals surface area contributed by atoms with Crippen molar-refractivity contribution in [2.75, 3.05) is 7.05 Å². The number of imide groups is 1. The lowest BCUT2D eigenvalue weighted by Gasteiger charge is -2.09. The smallest absolute Gasteiger partial charge is 0.275 e. The average molecular weight is 362 g/mol. The number of pyridine rings is 1. The highest BCUT2D eigenvalue weighted by molar-refractivity contribution is 8.14. The second-order valence-electron chi connectivity index (χ2n) is 6.44. The van der Waals surface area contributed by atoms with Gasteiger partial charge in [0.1, 0.15) is 5.25 Å². The van der Waals surface area contributed by atoms with Crippen LogP contribution in [0.15, 0.2) is 60.8 Å². The van der Waals surface area contributed by atoms with Gasteiger partial charge in [0.05, 0.1) is 5.52 Å². The third-order valence-corrected chi connectivity index (χ3v) is 5.85. The molecule has 0 spiro atoms. The first-order valence-corrected chi connectivity index (χ1v) is 9.40. The van der Waals surface area contributed by atoms with Crippen LogP contribution in [0.25, 0.3) is 10.9 Å². The molecule has 1 unspecified atom stereocenters. The van der Waals surface area contributed by atoms with Gasteiger partial charge in [0.15, 0.2) is 0 Å². The number of fused-ring (bicyclic) bond motifs is 1. The molecule has 1 aromatic heterocycles. The highest BCUT2D eigenvalue weighted by Crippen LogP contribution is 2.38. The van der Waals surface area contributed by atoms with Crippen LogP contribution in [-0.2, 0) is 17.6 Å². The largest absolute Gasteiger partial charge is 0.289 e. The lowest BCUT2D eigenvalue weighted by molar-refractivity contribution is -0.125. The molecule has 0 aliphatic carbocycles. The molecular formula is C21H18N2O2S. The molecule has 130 valence electrons. The van der Waals surface area contributed by atoms with E-state index in [1.807, 2.05) is 18.2 Å². The molecule has 2 heterocycles. The topological polar surface area (TPSA) is 50.3 Å². The second kappa shape index (κ2) is 6.92. The zero-order chi connectivity index (χ0) is 18.1. The van der Waals surface area contributed by atoms with E-state index in [2.05, 4.69) is 41.4 Å². The standard InChI is InChI=1S/C21H18N2O2S/c1-23-20(24)19(26-21(23)25)17-12-16-10-9-15(11-18(16)22-13-17)8-7-14-5-3-2-4-6-14/h2-6,9-13,19H,7-8H2,1H3. The van der Waals surface area contributed by atoms with Crippen LogP contribution >= 0.6 is 11.8 Å². The van der Waals surface area contributed by atoms with Gasteiger partial charge in [-0.1, -0.05) is 42.5 Å². The highest BCUT2D eigenvalue weighted by atomic mass is 32.2. The number of nitrogens with zero attached hydrogens (tertiary/aromatic N) is 2. The molecule has 1 saturated heterocycles. The Morgan fingerprint density at radius 1 is 1.00 bits per heavy atom. The normalized spacial score (nSPS) is 17.3. The number of likely N-dealkylation sites (N-methyl/N-ethyl adjacent to an activating group) is 1. The lowest BCUT2D eigenvalue weighted by atomic mass is 10.0. The molecule has 4 nitrogen and oxygen atoms in total. The predicted molar refractivity (Wildman–Crippen MR) is 104 cm³/mol. The van der Waals surface area contributed by atoms with Crippen LogP contribution < -0.4 is 0 Å². The van der Waals surface area contributed by atoms with Gasteiger partial charge < -0.3 is 0 Å². The summed E-state index contributed by atoms with van der Waals surface area (Å²) in [7, 11) is 1.52. The number of hydrogen-bond donors (Lipinski definition) is 0. The van der Waals surface area contributed by atoms with Crippen LogP contribution in [0.2, 0.25) is 0 Å². The van der Waals surface area contributed by atoms with E-state index in [4.69, 9.17) is 0 Å². The Balaban J connectivity index is 1.55. The number of benzene rings is 2. The van der Waals surface area contributed by atoms with Crippen molar-refractivity contribution in [1.82, 2.24) is 9.88 Å². The van der Waals surface area contributed by atoms with E-state index in [1.54, 1.807) is 6.20 Å². The summed E-state index contributed by atoms with van der Waals surface area (Å²) in [6.07, 6.45) is 3.66. The zero-order valence-electron chi connectivity index (χ0n) is 14.4. The van der Waals surface area contributed by atoms with Crippen molar-refractivity contribution in [2.45, 2.75) is 18.1 Å². The van der Waals surface area contributed by atoms with E-state index in [0.717, 1.165) is 41.1 Å². The highest BCUT2D eigenvalue weighted by Gasteiger charge is 2.38. The van der Waals surface area contributed by atoms with Crippen LogP contribution in [0.1, 0.15) is 21.9 Å². The minimum Gasteiger partial charge on any atom is -0.275 e. The average Bonchev–Trinajstić information content (AvgIpc) is 2.94. The van der Waals surface area contributed by atoms with Gasteiger partial charge in [0.25, 0.3) is 5.24 Å². The molecule has 3 aromatic rings. The van der Waals surface area contributed by atoms with E-state index in [-0.39, 0.29) is 11.1 Å². The van der Waals surface area contributed by atoms with Gasteiger partial charge in [-0.15, -0.1) is 0 Å². The van der Waals surface area contributed by atoms with Crippen molar-refractivity contribution in [3.05, 3.63) is 77.5 Å². The predicted octanol–water partition coefficient (Wildman–Crippen LogP) is 4.39. The summed E-state index contributed by atoms with van der Waals surface area (Å²) < 4.78 is 0. The number of carbonyl (C=O) groups excluding carboxylic acids is 2. The molecule has 1 fully saturated rings. The number of amides is 2. The zero-order valence-corrected chi connectivity index (χ0v) is 15.2. The maximum absolute atomic E-state index is 12.2. The molecule has 0 saturated carbocycles. The fourth-order valence-electron chi connectivity index (χ4n) is 3.12. The van der Waals surface area contributed by atoms with Crippen molar-refractivity contribution < 1.29 is 9.59 Å². The SMILES string of the molecule is CN1C(=O)SC(c2cnc3cc(CCc4ccccc4)ccc3c2)C1=O. The third-order valence-electron chi connectivity index (χ3n) is 4.67. The Morgan fingerprint density at radius 3 is 2.50 bits per heavy atom. The van der Waals surface area contributed by atoms with Gasteiger partial charge in [-0.3, -0.25) is 19.5 Å². The first kappa shape index (κ1) is 16.8. The van der Waals surface area contributed by atoms with Crippen LogP contribution in [0.4, 0.5) is 4.79 Å². The summed E-state index contributed by atoms with van der Waals surface area (Å²) in [5.74, 6) is -0.180. The van der Waals surface area contributed by atoms with Crippen molar-refractivity contribution in [1.29, 1.82) is 0 Å². The summed E-state index contributed by atoms with van der Waals surface area (Å²) in [4.78, 5) is 29.6. The van der Waals surface area contributed by atoms with Gasteiger partial charge in [-0.2, -0.15) is 0 Å². The molecule has 0 bridgehead atoms. The number of carbonyl (C=O) groups is 2. The molecule has 5 heteroatoms. The molecule has 4 rings (SSSR count). The third kappa shape index (κ3) is 3.22. The van der Waals surface area contributed by atoms with Crippen LogP contribution in [0.3, 0.4) is 0 Å². The Bertz CT molecular complexity index is 988. The summed E-state index contributed by atoms with van der Waals surface area (Å²) >= 11 is 1.05. The second-order valence-corrected chi connectivity index (χ2v) is 7.50. The molecule has 1 atom stereocenters. The Labute approximate surface area is 156 Å². The van der Waals surface area contributed by atoms with Crippen molar-refractivity contribution in [2.24, 2.45) is 0 Å². The molecular weight excluding hydrogens is 344 g/mol. The first-order chi connectivity index (χ1) is 12.6. The van der Waals surface area contributed by atoms with Gasteiger partial charge in [0.2, 0.25) is 5.91 Å². The van der Waals surface area contributed by atoms with Crippen molar-refractivity contribution in [3.8, 4) is 0 Å². The van der Waals surface area contributed by atoms with Gasteiger partial charge in [-0.05, 0) is 53.4 Å². The van der Waals surface area contributed by atoms with Crippen LogP contribution in [0, 0.1) is 0 Å². The Kier molecular flexibility index (Phi) is 4.47. The molecule has 1 aliphatic heterocycles. The van der Waals surface area contributed by atoms with E-state index < -0.39 is 5.25 Å². The number of aryl methyl sites for hydroxylation is 2. The number of hydrogen-bond acceptors (Lipinski definition) is 4. The Hall–Kier alpha value is -2.66. The van der Waals surface area contributed by atoms with Crippen LogP contribution in [-0.4, -0.2) is 28.1 Å². The fraction of sp³-hybridized carbons (Fsp3) is 0.190. The molecule has 0 N–H and O–H groups in total. The van der Waals surface area contributed by atoms with Crippen LogP contribution in [0.5, 0.6) is 0 Å². The fourth-order valence-corrected chi connectivity index (χ4v) is 4.10. The van der Waals surface area contributed by atoms with E-state index >= 15 is 0 Å². The van der Waals surface area contributed by atoms with E-state index in [1.165, 1.54) is 23.1 Å². The van der Waals surface area contributed by atoms with Gasteiger partial charge in [0, 0.05) is 18.6 Å². The molecule has 2 amide bonds.